The Bertz CT molecular complexity index is 660. The largest absolute Gasteiger partial charge is 0.339 e. The van der Waals surface area contributed by atoms with Gasteiger partial charge in [0.05, 0.1) is 18.2 Å². The molecule has 1 aromatic rings. The topological polar surface area (TPSA) is 50.6 Å². The van der Waals surface area contributed by atoms with Crippen molar-refractivity contribution in [2.24, 2.45) is 0 Å². The van der Waals surface area contributed by atoms with E-state index in [1.165, 1.54) is 37.7 Å². The third-order valence-electron chi connectivity index (χ3n) is 6.21. The minimum absolute atomic E-state index is 0.315. The molecule has 28 heavy (non-hydrogen) atoms. The van der Waals surface area contributed by atoms with Crippen LogP contribution in [-0.4, -0.2) is 65.9 Å². The molecule has 0 N–H and O–H groups in total. The molecule has 0 atom stereocenters. The molecule has 1 saturated carbocycles. The Labute approximate surface area is 169 Å². The second-order valence-electron chi connectivity index (χ2n) is 8.19. The monoisotopic (exact) mass is 382 g/mol. The highest BCUT2D eigenvalue weighted by molar-refractivity contribution is 5.78. The molecule has 1 aliphatic heterocycles. The number of carbonyl (C=O) groups is 1. The third-order valence-corrected chi connectivity index (χ3v) is 6.21. The SMILES string of the molecule is CCN(C(=O)CN1CCCN(Cc2ccc(C#N)cc2)CC1)C1CCCCC1. The minimum atomic E-state index is 0.315. The summed E-state index contributed by atoms with van der Waals surface area (Å²) < 4.78 is 0. The summed E-state index contributed by atoms with van der Waals surface area (Å²) in [5.74, 6) is 0.315. The average Bonchev–Trinajstić information content (AvgIpc) is 2.95. The average molecular weight is 383 g/mol. The summed E-state index contributed by atoms with van der Waals surface area (Å²) in [6.45, 7) is 8.43. The number of hydrogen-bond acceptors (Lipinski definition) is 4. The lowest BCUT2D eigenvalue weighted by Gasteiger charge is -2.35. The molecule has 0 aromatic heterocycles. The van der Waals surface area contributed by atoms with Crippen molar-refractivity contribution in [1.82, 2.24) is 14.7 Å². The molecule has 0 spiro atoms. The Kier molecular flexibility index (Phi) is 7.88. The van der Waals surface area contributed by atoms with E-state index in [-0.39, 0.29) is 0 Å². The molecular weight excluding hydrogens is 348 g/mol. The number of likely N-dealkylation sites (N-methyl/N-ethyl adjacent to an activating group) is 1. The first-order valence-corrected chi connectivity index (χ1v) is 10.9. The summed E-state index contributed by atoms with van der Waals surface area (Å²) >= 11 is 0. The molecule has 2 fully saturated rings. The van der Waals surface area contributed by atoms with Gasteiger partial charge >= 0.3 is 0 Å². The van der Waals surface area contributed by atoms with Crippen molar-refractivity contribution in [2.75, 3.05) is 39.3 Å². The molecule has 5 heteroatoms. The zero-order valence-electron chi connectivity index (χ0n) is 17.3. The lowest BCUT2D eigenvalue weighted by atomic mass is 9.94. The van der Waals surface area contributed by atoms with Crippen LogP contribution in [0.5, 0.6) is 0 Å². The van der Waals surface area contributed by atoms with Gasteiger partial charge in [-0.25, -0.2) is 0 Å². The maximum atomic E-state index is 12.9. The summed E-state index contributed by atoms with van der Waals surface area (Å²) in [6, 6.07) is 10.5. The molecule has 1 amide bonds. The molecular formula is C23H34N4O. The number of amides is 1. The summed E-state index contributed by atoms with van der Waals surface area (Å²) in [5, 5.41) is 8.93. The van der Waals surface area contributed by atoms with E-state index in [0.29, 0.717) is 24.1 Å². The van der Waals surface area contributed by atoms with Crippen LogP contribution in [0.25, 0.3) is 0 Å². The molecule has 2 aliphatic rings. The fourth-order valence-corrected chi connectivity index (χ4v) is 4.60. The van der Waals surface area contributed by atoms with Crippen LogP contribution in [0.3, 0.4) is 0 Å². The van der Waals surface area contributed by atoms with E-state index in [2.05, 4.69) is 27.7 Å². The van der Waals surface area contributed by atoms with Crippen molar-refractivity contribution in [3.63, 3.8) is 0 Å². The van der Waals surface area contributed by atoms with Gasteiger partial charge in [-0.15, -0.1) is 0 Å². The van der Waals surface area contributed by atoms with Gasteiger partial charge in [-0.1, -0.05) is 31.4 Å². The highest BCUT2D eigenvalue weighted by Crippen LogP contribution is 2.22. The summed E-state index contributed by atoms with van der Waals surface area (Å²) in [6.07, 6.45) is 7.31. The van der Waals surface area contributed by atoms with Crippen LogP contribution in [0.4, 0.5) is 0 Å². The van der Waals surface area contributed by atoms with Crippen LogP contribution in [-0.2, 0) is 11.3 Å². The van der Waals surface area contributed by atoms with E-state index < -0.39 is 0 Å². The van der Waals surface area contributed by atoms with E-state index in [1.54, 1.807) is 0 Å². The summed E-state index contributed by atoms with van der Waals surface area (Å²) in [7, 11) is 0. The lowest BCUT2D eigenvalue weighted by Crippen LogP contribution is -2.46. The molecule has 0 bridgehead atoms. The van der Waals surface area contributed by atoms with Gasteiger partial charge in [0.1, 0.15) is 0 Å². The first-order valence-electron chi connectivity index (χ1n) is 10.9. The van der Waals surface area contributed by atoms with E-state index in [0.717, 1.165) is 45.7 Å². The Morgan fingerprint density at radius 3 is 2.39 bits per heavy atom. The smallest absolute Gasteiger partial charge is 0.236 e. The lowest BCUT2D eigenvalue weighted by molar-refractivity contribution is -0.135. The van der Waals surface area contributed by atoms with Gasteiger partial charge in [0.25, 0.3) is 0 Å². The van der Waals surface area contributed by atoms with Crippen molar-refractivity contribution in [3.8, 4) is 6.07 Å². The number of rotatable bonds is 6. The van der Waals surface area contributed by atoms with E-state index in [9.17, 15) is 4.79 Å². The first-order chi connectivity index (χ1) is 13.7. The van der Waals surface area contributed by atoms with E-state index >= 15 is 0 Å². The number of nitriles is 1. The van der Waals surface area contributed by atoms with Crippen molar-refractivity contribution in [2.45, 2.75) is 58.0 Å². The first kappa shape index (κ1) is 20.8. The van der Waals surface area contributed by atoms with Crippen LogP contribution in [0.1, 0.15) is 56.6 Å². The molecule has 3 rings (SSSR count). The highest BCUT2D eigenvalue weighted by atomic mass is 16.2. The van der Waals surface area contributed by atoms with Crippen molar-refractivity contribution < 1.29 is 4.79 Å². The highest BCUT2D eigenvalue weighted by Gasteiger charge is 2.26. The van der Waals surface area contributed by atoms with Crippen molar-refractivity contribution in [1.29, 1.82) is 5.26 Å². The normalized spacial score (nSPS) is 19.7. The zero-order valence-corrected chi connectivity index (χ0v) is 17.3. The van der Waals surface area contributed by atoms with Crippen LogP contribution in [0.2, 0.25) is 0 Å². The van der Waals surface area contributed by atoms with Crippen LogP contribution >= 0.6 is 0 Å². The molecule has 1 aliphatic carbocycles. The van der Waals surface area contributed by atoms with Crippen LogP contribution in [0, 0.1) is 11.3 Å². The Morgan fingerprint density at radius 1 is 1.04 bits per heavy atom. The fourth-order valence-electron chi connectivity index (χ4n) is 4.60. The molecule has 1 heterocycles. The second-order valence-corrected chi connectivity index (χ2v) is 8.19. The van der Waals surface area contributed by atoms with Gasteiger partial charge in [0, 0.05) is 32.2 Å². The summed E-state index contributed by atoms with van der Waals surface area (Å²) in [5.41, 5.74) is 1.96. The zero-order chi connectivity index (χ0) is 19.8. The predicted molar refractivity (Wildman–Crippen MR) is 112 cm³/mol. The van der Waals surface area contributed by atoms with Gasteiger partial charge in [-0.3, -0.25) is 14.6 Å². The minimum Gasteiger partial charge on any atom is -0.339 e. The molecule has 152 valence electrons. The van der Waals surface area contributed by atoms with E-state index in [4.69, 9.17) is 5.26 Å². The van der Waals surface area contributed by atoms with Gasteiger partial charge in [-0.05, 0) is 57.0 Å². The van der Waals surface area contributed by atoms with Gasteiger partial charge in [0.15, 0.2) is 0 Å². The standard InChI is InChI=1S/C23H34N4O/c1-2-27(22-7-4-3-5-8-22)23(28)19-26-14-6-13-25(15-16-26)18-21-11-9-20(17-24)10-12-21/h9-12,22H,2-8,13-16,18-19H2,1H3. The number of benzene rings is 1. The Balaban J connectivity index is 1.48. The maximum absolute atomic E-state index is 12.9. The molecule has 0 unspecified atom stereocenters. The second kappa shape index (κ2) is 10.6. The molecule has 5 nitrogen and oxygen atoms in total. The third kappa shape index (κ3) is 5.80. The van der Waals surface area contributed by atoms with Gasteiger partial charge < -0.3 is 4.90 Å². The predicted octanol–water partition coefficient (Wildman–Crippen LogP) is 3.25. The number of nitrogens with zero attached hydrogens (tertiary/aromatic N) is 4. The van der Waals surface area contributed by atoms with Crippen molar-refractivity contribution >= 4 is 5.91 Å². The van der Waals surface area contributed by atoms with Gasteiger partial charge in [-0.2, -0.15) is 5.26 Å². The number of hydrogen-bond donors (Lipinski definition) is 0. The maximum Gasteiger partial charge on any atom is 0.236 e. The molecule has 0 radical (unpaired) electrons. The quantitative estimate of drug-likeness (QED) is 0.758. The summed E-state index contributed by atoms with van der Waals surface area (Å²) in [4.78, 5) is 19.9. The number of carbonyl (C=O) groups excluding carboxylic acids is 1. The van der Waals surface area contributed by atoms with Gasteiger partial charge in [0.2, 0.25) is 5.91 Å². The van der Waals surface area contributed by atoms with Crippen LogP contribution < -0.4 is 0 Å². The molecule has 1 aromatic carbocycles. The van der Waals surface area contributed by atoms with Crippen molar-refractivity contribution in [3.05, 3.63) is 35.4 Å². The molecule has 1 saturated heterocycles. The fraction of sp³-hybridized carbons (Fsp3) is 0.652. The van der Waals surface area contributed by atoms with Crippen LogP contribution in [0.15, 0.2) is 24.3 Å². The van der Waals surface area contributed by atoms with E-state index in [1.807, 2.05) is 24.3 Å². The Morgan fingerprint density at radius 2 is 1.71 bits per heavy atom. The Hall–Kier alpha value is -1.90.